The van der Waals surface area contributed by atoms with Crippen molar-refractivity contribution in [3.8, 4) is 5.75 Å². The van der Waals surface area contributed by atoms with Crippen molar-refractivity contribution in [2.24, 2.45) is 0 Å². The zero-order valence-electron chi connectivity index (χ0n) is 14.2. The Morgan fingerprint density at radius 2 is 1.59 bits per heavy atom. The van der Waals surface area contributed by atoms with Crippen LogP contribution in [-0.2, 0) is 0 Å². The molecule has 1 unspecified atom stereocenters. The van der Waals surface area contributed by atoms with E-state index in [-0.39, 0.29) is 11.8 Å². The van der Waals surface area contributed by atoms with Crippen molar-refractivity contribution in [2.75, 3.05) is 0 Å². The Labute approximate surface area is 135 Å². The van der Waals surface area contributed by atoms with Crippen molar-refractivity contribution >= 4 is 0 Å². The first-order chi connectivity index (χ1) is 10.7. The molecule has 22 heavy (non-hydrogen) atoms. The minimum Gasteiger partial charge on any atom is -0.787 e. The molecule has 0 amide bonds. The molecule has 0 radical (unpaired) electrons. The molecule has 0 saturated heterocycles. The Morgan fingerprint density at radius 3 is 2.18 bits per heavy atom. The average Bonchev–Trinajstić information content (AvgIpc) is 2.52. The van der Waals surface area contributed by atoms with E-state index in [4.69, 9.17) is 0 Å². The lowest BCUT2D eigenvalue weighted by molar-refractivity contribution is 0.442. The number of hydrogen-bond donors (Lipinski definition) is 2. The Bertz CT molecular complexity index is 406. The van der Waals surface area contributed by atoms with Crippen molar-refractivity contribution in [1.82, 2.24) is 5.48 Å². The van der Waals surface area contributed by atoms with Gasteiger partial charge in [0.15, 0.2) is 0 Å². The van der Waals surface area contributed by atoms with E-state index in [1.165, 1.54) is 51.4 Å². The lowest BCUT2D eigenvalue weighted by Gasteiger charge is -2.24. The highest BCUT2D eigenvalue weighted by atomic mass is 16.5. The summed E-state index contributed by atoms with van der Waals surface area (Å²) in [5, 5.41) is 21.1. The van der Waals surface area contributed by atoms with Crippen LogP contribution in [0.5, 0.6) is 5.75 Å². The number of rotatable bonds is 12. The first kappa shape index (κ1) is 19.0. The molecular weight excluding hydrogens is 274 g/mol. The van der Waals surface area contributed by atoms with Crippen molar-refractivity contribution < 1.29 is 5.11 Å². The molecule has 0 aliphatic heterocycles. The maximum atomic E-state index is 11.2. The maximum absolute atomic E-state index is 11.2. The largest absolute Gasteiger partial charge is 0.787 e. The van der Waals surface area contributed by atoms with E-state index in [0.29, 0.717) is 0 Å². The maximum Gasteiger partial charge on any atom is 0.120 e. The van der Waals surface area contributed by atoms with Crippen LogP contribution in [0.25, 0.3) is 0 Å². The van der Waals surface area contributed by atoms with Gasteiger partial charge in [-0.05, 0) is 19.4 Å². The third-order valence-electron chi connectivity index (χ3n) is 4.30. The van der Waals surface area contributed by atoms with Crippen LogP contribution in [0.4, 0.5) is 0 Å². The topological polar surface area (TPSA) is 55.3 Å². The van der Waals surface area contributed by atoms with Gasteiger partial charge in [0.1, 0.15) is 5.75 Å². The van der Waals surface area contributed by atoms with Crippen LogP contribution >= 0.6 is 0 Å². The predicted octanol–water partition coefficient (Wildman–Crippen LogP) is 5.75. The lowest BCUT2D eigenvalue weighted by Crippen LogP contribution is -2.14. The summed E-state index contributed by atoms with van der Waals surface area (Å²) in [6.07, 6.45) is 12.2. The SMILES string of the molecule is CCCCCCCCCCCC(N[O-])c1cc(C)ccc1O. The van der Waals surface area contributed by atoms with Crippen molar-refractivity contribution in [3.63, 3.8) is 0 Å². The zero-order valence-corrected chi connectivity index (χ0v) is 14.2. The van der Waals surface area contributed by atoms with Gasteiger partial charge in [-0.3, -0.25) is 0 Å². The first-order valence-corrected chi connectivity index (χ1v) is 8.86. The summed E-state index contributed by atoms with van der Waals surface area (Å²) < 4.78 is 0. The molecule has 1 rings (SSSR count). The fourth-order valence-electron chi connectivity index (χ4n) is 2.89. The van der Waals surface area contributed by atoms with E-state index in [1.54, 1.807) is 6.07 Å². The highest BCUT2D eigenvalue weighted by Crippen LogP contribution is 2.28. The molecule has 0 bridgehead atoms. The van der Waals surface area contributed by atoms with Gasteiger partial charge < -0.3 is 15.8 Å². The van der Waals surface area contributed by atoms with Crippen LogP contribution in [0.2, 0.25) is 0 Å². The van der Waals surface area contributed by atoms with E-state index < -0.39 is 0 Å². The molecular formula is C19H32NO2-. The summed E-state index contributed by atoms with van der Waals surface area (Å²) in [5.74, 6) is 0.217. The van der Waals surface area contributed by atoms with E-state index in [1.807, 2.05) is 19.1 Å². The summed E-state index contributed by atoms with van der Waals surface area (Å²) in [5.41, 5.74) is 3.90. The van der Waals surface area contributed by atoms with Gasteiger partial charge >= 0.3 is 0 Å². The molecule has 126 valence electrons. The highest BCUT2D eigenvalue weighted by Gasteiger charge is 2.11. The fourth-order valence-corrected chi connectivity index (χ4v) is 2.89. The Kier molecular flexibility index (Phi) is 9.93. The minimum atomic E-state index is -0.288. The number of benzene rings is 1. The van der Waals surface area contributed by atoms with Crippen LogP contribution in [0.15, 0.2) is 18.2 Å². The smallest absolute Gasteiger partial charge is 0.120 e. The molecule has 1 aromatic carbocycles. The van der Waals surface area contributed by atoms with Gasteiger partial charge in [-0.2, -0.15) is 0 Å². The number of unbranched alkanes of at least 4 members (excludes halogenated alkanes) is 8. The van der Waals surface area contributed by atoms with E-state index in [2.05, 4.69) is 12.4 Å². The number of phenols is 1. The summed E-state index contributed by atoms with van der Waals surface area (Å²) in [6.45, 7) is 4.22. The van der Waals surface area contributed by atoms with Crippen molar-refractivity contribution in [1.29, 1.82) is 0 Å². The molecule has 0 fully saturated rings. The molecule has 0 aromatic heterocycles. The molecule has 0 saturated carbocycles. The van der Waals surface area contributed by atoms with Crippen LogP contribution in [0.3, 0.4) is 0 Å². The van der Waals surface area contributed by atoms with Gasteiger partial charge in [0, 0.05) is 11.6 Å². The second-order valence-electron chi connectivity index (χ2n) is 6.35. The van der Waals surface area contributed by atoms with E-state index in [0.717, 1.165) is 24.0 Å². The first-order valence-electron chi connectivity index (χ1n) is 8.86. The Balaban J connectivity index is 2.20. The number of nitrogens with one attached hydrogen (secondary N) is 1. The average molecular weight is 306 g/mol. The third-order valence-corrected chi connectivity index (χ3v) is 4.30. The normalized spacial score (nSPS) is 12.5. The number of hydroxylamine groups is 1. The van der Waals surface area contributed by atoms with Crippen LogP contribution in [-0.4, -0.2) is 5.11 Å². The van der Waals surface area contributed by atoms with Gasteiger partial charge in [-0.25, -0.2) is 0 Å². The molecule has 1 atom stereocenters. The monoisotopic (exact) mass is 306 g/mol. The zero-order chi connectivity index (χ0) is 16.2. The summed E-state index contributed by atoms with van der Waals surface area (Å²) >= 11 is 0. The van der Waals surface area contributed by atoms with Crippen molar-refractivity contribution in [3.05, 3.63) is 34.5 Å². The molecule has 3 heteroatoms. The Hall–Kier alpha value is -1.06. The molecule has 0 aliphatic rings. The lowest BCUT2D eigenvalue weighted by atomic mass is 9.98. The summed E-state index contributed by atoms with van der Waals surface area (Å²) in [6, 6.07) is 5.15. The molecule has 0 spiro atoms. The molecule has 3 nitrogen and oxygen atoms in total. The summed E-state index contributed by atoms with van der Waals surface area (Å²) in [4.78, 5) is 0. The third kappa shape index (κ3) is 7.28. The summed E-state index contributed by atoms with van der Waals surface area (Å²) in [7, 11) is 0. The van der Waals surface area contributed by atoms with Gasteiger partial charge in [-0.1, -0.05) is 82.4 Å². The standard InChI is InChI=1S/C19H32NO2/c1-3-4-5-6-7-8-9-10-11-12-18(20-22)17-15-16(2)13-14-19(17)21/h13-15,18,20-21H,3-12H2,1-2H3/q-1. The number of aryl methyl sites for hydroxylation is 1. The minimum absolute atomic E-state index is 0.217. The van der Waals surface area contributed by atoms with Gasteiger partial charge in [0.05, 0.1) is 0 Å². The van der Waals surface area contributed by atoms with Gasteiger partial charge in [-0.15, -0.1) is 0 Å². The van der Waals surface area contributed by atoms with Gasteiger partial charge in [0.2, 0.25) is 0 Å². The van der Waals surface area contributed by atoms with E-state index >= 15 is 0 Å². The Morgan fingerprint density at radius 1 is 1.00 bits per heavy atom. The van der Waals surface area contributed by atoms with Crippen molar-refractivity contribution in [2.45, 2.75) is 84.1 Å². The molecule has 0 heterocycles. The van der Waals surface area contributed by atoms with Crippen LogP contribution < -0.4 is 5.48 Å². The molecule has 2 N–H and O–H groups in total. The van der Waals surface area contributed by atoms with Crippen LogP contribution in [0, 0.1) is 12.1 Å². The van der Waals surface area contributed by atoms with Gasteiger partial charge in [0.25, 0.3) is 0 Å². The second-order valence-corrected chi connectivity index (χ2v) is 6.35. The number of aromatic hydroxyl groups is 1. The molecule has 0 aliphatic carbocycles. The predicted molar refractivity (Wildman–Crippen MR) is 93.9 cm³/mol. The highest BCUT2D eigenvalue weighted by molar-refractivity contribution is 5.38. The van der Waals surface area contributed by atoms with E-state index in [9.17, 15) is 10.3 Å². The second kappa shape index (κ2) is 11.5. The molecule has 1 aromatic rings. The number of phenolic OH excluding ortho intramolecular Hbond substituents is 1. The quantitative estimate of drug-likeness (QED) is 0.382. The van der Waals surface area contributed by atoms with Crippen LogP contribution in [0.1, 0.15) is 88.3 Å². The fraction of sp³-hybridized carbons (Fsp3) is 0.684. The number of hydrogen-bond acceptors (Lipinski definition) is 3.